The molecule has 108 valence electrons. The number of benzene rings is 2. The topological polar surface area (TPSA) is 84.2 Å². The highest BCUT2D eigenvalue weighted by molar-refractivity contribution is 9.10. The Morgan fingerprint density at radius 1 is 1.00 bits per heavy atom. The van der Waals surface area contributed by atoms with Crippen LogP contribution >= 0.6 is 27.5 Å². The number of anilines is 2. The predicted octanol–water partition coefficient (Wildman–Crippen LogP) is 3.85. The van der Waals surface area contributed by atoms with Gasteiger partial charge in [0.05, 0.1) is 10.6 Å². The summed E-state index contributed by atoms with van der Waals surface area (Å²) >= 11 is 9.34. The maximum absolute atomic E-state index is 12.1. The molecule has 0 saturated carbocycles. The van der Waals surface area contributed by atoms with Gasteiger partial charge in [0.1, 0.15) is 0 Å². The minimum atomic E-state index is -0.646. The molecule has 0 aliphatic carbocycles. The second-order valence-corrected chi connectivity index (χ2v) is 5.35. The first kappa shape index (κ1) is 15.3. The van der Waals surface area contributed by atoms with Gasteiger partial charge in [0.15, 0.2) is 0 Å². The summed E-state index contributed by atoms with van der Waals surface area (Å²) < 4.78 is 0.651. The minimum Gasteiger partial charge on any atom is -0.351 e. The predicted molar refractivity (Wildman–Crippen MR) is 86.8 cm³/mol. The fourth-order valence-corrected chi connectivity index (χ4v) is 2.23. The van der Waals surface area contributed by atoms with Crippen LogP contribution in [0.3, 0.4) is 0 Å². The molecule has 21 heavy (non-hydrogen) atoms. The summed E-state index contributed by atoms with van der Waals surface area (Å²) in [5.74, 6) is -0.322. The van der Waals surface area contributed by atoms with E-state index in [1.54, 1.807) is 42.5 Å². The second-order valence-electron chi connectivity index (χ2n) is 4.12. The number of hydrogen-bond donors (Lipinski definition) is 3. The van der Waals surface area contributed by atoms with Crippen LogP contribution in [-0.4, -0.2) is 11.9 Å². The molecular weight excluding hydrogens is 358 g/mol. The number of carbonyl (C=O) groups excluding carboxylic acids is 2. The van der Waals surface area contributed by atoms with E-state index in [1.165, 1.54) is 0 Å². The van der Waals surface area contributed by atoms with Crippen molar-refractivity contribution in [2.24, 2.45) is 5.73 Å². The van der Waals surface area contributed by atoms with Crippen molar-refractivity contribution in [3.63, 3.8) is 0 Å². The number of amides is 3. The molecule has 2 rings (SSSR count). The zero-order chi connectivity index (χ0) is 15.4. The number of carbonyl (C=O) groups is 2. The summed E-state index contributed by atoms with van der Waals surface area (Å²) in [6.45, 7) is 0. The van der Waals surface area contributed by atoms with Crippen molar-refractivity contribution in [2.45, 2.75) is 0 Å². The molecular formula is C14H11BrClN3O2. The second kappa shape index (κ2) is 6.60. The maximum atomic E-state index is 12.1. The van der Waals surface area contributed by atoms with E-state index < -0.39 is 6.03 Å². The first-order valence-electron chi connectivity index (χ1n) is 5.89. The highest BCUT2D eigenvalue weighted by atomic mass is 79.9. The fourth-order valence-electron chi connectivity index (χ4n) is 1.66. The van der Waals surface area contributed by atoms with Crippen LogP contribution in [0.1, 0.15) is 10.4 Å². The molecule has 0 radical (unpaired) electrons. The van der Waals surface area contributed by atoms with E-state index >= 15 is 0 Å². The van der Waals surface area contributed by atoms with Gasteiger partial charge in [-0.2, -0.15) is 0 Å². The third kappa shape index (κ3) is 3.96. The molecule has 0 aliphatic heterocycles. The quantitative estimate of drug-likeness (QED) is 0.769. The monoisotopic (exact) mass is 367 g/mol. The van der Waals surface area contributed by atoms with E-state index in [2.05, 4.69) is 26.6 Å². The van der Waals surface area contributed by atoms with E-state index in [0.29, 0.717) is 26.4 Å². The van der Waals surface area contributed by atoms with Crippen molar-refractivity contribution < 1.29 is 9.59 Å². The smallest absolute Gasteiger partial charge is 0.316 e. The maximum Gasteiger partial charge on any atom is 0.316 e. The number of rotatable bonds is 3. The Morgan fingerprint density at radius 3 is 2.14 bits per heavy atom. The highest BCUT2D eigenvalue weighted by Crippen LogP contribution is 2.26. The molecule has 3 amide bonds. The highest BCUT2D eigenvalue weighted by Gasteiger charge is 2.12. The Balaban J connectivity index is 2.12. The molecule has 4 N–H and O–H groups in total. The SMILES string of the molecule is NC(=O)Nc1ccc(NC(=O)c2cccc(Br)c2Cl)cc1. The molecule has 2 aromatic rings. The van der Waals surface area contributed by atoms with Gasteiger partial charge in [-0.15, -0.1) is 0 Å². The summed E-state index contributed by atoms with van der Waals surface area (Å²) in [6, 6.07) is 11.0. The molecule has 5 nitrogen and oxygen atoms in total. The van der Waals surface area contributed by atoms with Gasteiger partial charge < -0.3 is 16.4 Å². The van der Waals surface area contributed by atoms with Crippen LogP contribution in [0.25, 0.3) is 0 Å². The Bertz CT molecular complexity index is 689. The van der Waals surface area contributed by atoms with E-state index in [1.807, 2.05) is 0 Å². The van der Waals surface area contributed by atoms with Crippen molar-refractivity contribution in [3.8, 4) is 0 Å². The third-order valence-corrected chi connectivity index (χ3v) is 3.90. The summed E-state index contributed by atoms with van der Waals surface area (Å²) in [5.41, 5.74) is 6.49. The summed E-state index contributed by atoms with van der Waals surface area (Å²) in [4.78, 5) is 22.9. The van der Waals surface area contributed by atoms with Gasteiger partial charge in [-0.3, -0.25) is 4.79 Å². The lowest BCUT2D eigenvalue weighted by Gasteiger charge is -2.08. The molecule has 2 aromatic carbocycles. The largest absolute Gasteiger partial charge is 0.351 e. The van der Waals surface area contributed by atoms with Crippen molar-refractivity contribution in [1.82, 2.24) is 0 Å². The van der Waals surface area contributed by atoms with Gasteiger partial charge in [-0.1, -0.05) is 17.7 Å². The van der Waals surface area contributed by atoms with Crippen LogP contribution in [0.4, 0.5) is 16.2 Å². The number of primary amides is 1. The lowest BCUT2D eigenvalue weighted by Crippen LogP contribution is -2.19. The zero-order valence-corrected chi connectivity index (χ0v) is 13.0. The van der Waals surface area contributed by atoms with Gasteiger partial charge >= 0.3 is 6.03 Å². The molecule has 0 bridgehead atoms. The van der Waals surface area contributed by atoms with Crippen molar-refractivity contribution in [3.05, 3.63) is 57.5 Å². The van der Waals surface area contributed by atoms with Crippen molar-refractivity contribution >= 4 is 50.8 Å². The van der Waals surface area contributed by atoms with E-state index in [4.69, 9.17) is 17.3 Å². The Hall–Kier alpha value is -2.05. The molecule has 0 fully saturated rings. The van der Waals surface area contributed by atoms with Gasteiger partial charge in [0, 0.05) is 15.8 Å². The van der Waals surface area contributed by atoms with Gasteiger partial charge in [0.25, 0.3) is 5.91 Å². The number of hydrogen-bond acceptors (Lipinski definition) is 2. The van der Waals surface area contributed by atoms with Crippen LogP contribution in [0.15, 0.2) is 46.9 Å². The van der Waals surface area contributed by atoms with Crippen LogP contribution in [0.5, 0.6) is 0 Å². The molecule has 0 atom stereocenters. The summed E-state index contributed by atoms with van der Waals surface area (Å²) in [7, 11) is 0. The van der Waals surface area contributed by atoms with Crippen molar-refractivity contribution in [2.75, 3.05) is 10.6 Å². The average molecular weight is 369 g/mol. The standard InChI is InChI=1S/C14H11BrClN3O2/c15-11-3-1-2-10(12(11)16)13(20)18-8-4-6-9(7-5-8)19-14(17)21/h1-7H,(H,18,20)(H3,17,19,21). The van der Waals surface area contributed by atoms with Crippen LogP contribution < -0.4 is 16.4 Å². The molecule has 0 saturated heterocycles. The third-order valence-electron chi connectivity index (χ3n) is 2.61. The number of halogens is 2. The molecule has 0 unspecified atom stereocenters. The lowest BCUT2D eigenvalue weighted by atomic mass is 10.2. The average Bonchev–Trinajstić information content (AvgIpc) is 2.43. The Labute approximate surface area is 134 Å². The molecule has 0 spiro atoms. The van der Waals surface area contributed by atoms with E-state index in [-0.39, 0.29) is 5.91 Å². The van der Waals surface area contributed by atoms with Crippen LogP contribution in [0.2, 0.25) is 5.02 Å². The number of urea groups is 1. The van der Waals surface area contributed by atoms with Crippen LogP contribution in [0, 0.1) is 0 Å². The minimum absolute atomic E-state index is 0.322. The molecule has 0 aromatic heterocycles. The first-order chi connectivity index (χ1) is 9.97. The normalized spacial score (nSPS) is 10.0. The lowest BCUT2D eigenvalue weighted by molar-refractivity contribution is 0.102. The van der Waals surface area contributed by atoms with E-state index in [9.17, 15) is 9.59 Å². The summed E-state index contributed by atoms with van der Waals surface area (Å²) in [5, 5.41) is 5.50. The van der Waals surface area contributed by atoms with Gasteiger partial charge in [-0.05, 0) is 52.3 Å². The van der Waals surface area contributed by atoms with Crippen molar-refractivity contribution in [1.29, 1.82) is 0 Å². The van der Waals surface area contributed by atoms with Crippen LogP contribution in [-0.2, 0) is 0 Å². The number of nitrogens with two attached hydrogens (primary N) is 1. The zero-order valence-electron chi connectivity index (χ0n) is 10.7. The van der Waals surface area contributed by atoms with E-state index in [0.717, 1.165) is 0 Å². The van der Waals surface area contributed by atoms with Gasteiger partial charge in [0.2, 0.25) is 0 Å². The summed E-state index contributed by atoms with van der Waals surface area (Å²) in [6.07, 6.45) is 0. The molecule has 0 heterocycles. The van der Waals surface area contributed by atoms with Gasteiger partial charge in [-0.25, -0.2) is 4.79 Å². The number of nitrogens with one attached hydrogen (secondary N) is 2. The molecule has 7 heteroatoms. The Kier molecular flexibility index (Phi) is 4.82. The first-order valence-corrected chi connectivity index (χ1v) is 7.06. The molecule has 0 aliphatic rings. The fraction of sp³-hybridized carbons (Fsp3) is 0. The Morgan fingerprint density at radius 2 is 1.57 bits per heavy atom.